The van der Waals surface area contributed by atoms with Gasteiger partial charge in [-0.1, -0.05) is 0 Å². The second-order valence-electron chi connectivity index (χ2n) is 5.11. The fraction of sp³-hybridized carbons (Fsp3) is 0.467. The predicted octanol–water partition coefficient (Wildman–Crippen LogP) is 2.25. The Morgan fingerprint density at radius 1 is 1.59 bits per heavy atom. The molecule has 1 aromatic carbocycles. The molecule has 7 nitrogen and oxygen atoms in total. The zero-order valence-corrected chi connectivity index (χ0v) is 12.3. The number of hydrogen-bond acceptors (Lipinski definition) is 6. The van der Waals surface area contributed by atoms with Crippen molar-refractivity contribution in [3.8, 4) is 6.07 Å². The maximum Gasteiger partial charge on any atom is 0.310 e. The van der Waals surface area contributed by atoms with Gasteiger partial charge < -0.3 is 9.64 Å². The van der Waals surface area contributed by atoms with Crippen LogP contribution in [0.5, 0.6) is 0 Å². The molecule has 1 saturated heterocycles. The number of nitrogens with zero attached hydrogens (tertiary/aromatic N) is 3. The van der Waals surface area contributed by atoms with E-state index in [2.05, 4.69) is 0 Å². The first-order chi connectivity index (χ1) is 10.6. The van der Waals surface area contributed by atoms with Gasteiger partial charge in [-0.2, -0.15) is 5.26 Å². The van der Waals surface area contributed by atoms with Crippen molar-refractivity contribution in [1.29, 1.82) is 5.26 Å². The highest BCUT2D eigenvalue weighted by molar-refractivity contribution is 5.74. The minimum absolute atomic E-state index is 0.112. The Hall–Kier alpha value is -2.62. The normalized spacial score (nSPS) is 17.6. The van der Waals surface area contributed by atoms with Crippen LogP contribution in [0.4, 0.5) is 11.4 Å². The van der Waals surface area contributed by atoms with Gasteiger partial charge in [0.2, 0.25) is 0 Å². The van der Waals surface area contributed by atoms with Gasteiger partial charge in [-0.05, 0) is 25.8 Å². The van der Waals surface area contributed by atoms with E-state index in [9.17, 15) is 20.2 Å². The lowest BCUT2D eigenvalue weighted by molar-refractivity contribution is -0.384. The van der Waals surface area contributed by atoms with Crippen molar-refractivity contribution in [2.24, 2.45) is 5.92 Å². The molecule has 7 heteroatoms. The van der Waals surface area contributed by atoms with Gasteiger partial charge in [-0.25, -0.2) is 0 Å². The van der Waals surface area contributed by atoms with Crippen LogP contribution in [0.1, 0.15) is 25.3 Å². The molecule has 1 aromatic rings. The summed E-state index contributed by atoms with van der Waals surface area (Å²) in [7, 11) is 0. The van der Waals surface area contributed by atoms with Crippen molar-refractivity contribution in [3.05, 3.63) is 33.9 Å². The second-order valence-corrected chi connectivity index (χ2v) is 5.11. The van der Waals surface area contributed by atoms with Crippen LogP contribution in [0.2, 0.25) is 0 Å². The molecule has 0 spiro atoms. The van der Waals surface area contributed by atoms with Crippen molar-refractivity contribution < 1.29 is 14.5 Å². The van der Waals surface area contributed by atoms with Crippen molar-refractivity contribution in [3.63, 3.8) is 0 Å². The van der Waals surface area contributed by atoms with E-state index in [-0.39, 0.29) is 23.1 Å². The fourth-order valence-electron chi connectivity index (χ4n) is 2.65. The topological polar surface area (TPSA) is 96.5 Å². The summed E-state index contributed by atoms with van der Waals surface area (Å²) in [5.74, 6) is -0.456. The summed E-state index contributed by atoms with van der Waals surface area (Å²) in [5.41, 5.74) is 0.764. The Labute approximate surface area is 128 Å². The van der Waals surface area contributed by atoms with Crippen molar-refractivity contribution >= 4 is 17.3 Å². The Balaban J connectivity index is 2.22. The number of benzene rings is 1. The van der Waals surface area contributed by atoms with Crippen molar-refractivity contribution in [2.75, 3.05) is 24.6 Å². The molecule has 0 saturated carbocycles. The molecule has 0 radical (unpaired) electrons. The van der Waals surface area contributed by atoms with Crippen LogP contribution in [-0.2, 0) is 9.53 Å². The van der Waals surface area contributed by atoms with Crippen LogP contribution in [0.25, 0.3) is 0 Å². The average Bonchev–Trinajstić information content (AvgIpc) is 2.54. The van der Waals surface area contributed by atoms with E-state index >= 15 is 0 Å². The second kappa shape index (κ2) is 6.89. The van der Waals surface area contributed by atoms with E-state index in [1.807, 2.05) is 11.0 Å². The monoisotopic (exact) mass is 303 g/mol. The van der Waals surface area contributed by atoms with Gasteiger partial charge in [0, 0.05) is 25.2 Å². The molecule has 22 heavy (non-hydrogen) atoms. The summed E-state index contributed by atoms with van der Waals surface area (Å²) in [5, 5.41) is 20.0. The van der Waals surface area contributed by atoms with E-state index < -0.39 is 4.92 Å². The summed E-state index contributed by atoms with van der Waals surface area (Å²) in [6, 6.07) is 6.21. The standard InChI is InChI=1S/C15H17N3O4/c1-2-22-15(19)11-4-3-7-17(10-11)14-6-5-13(18(20)21)8-12(14)9-16/h5-6,8,11H,2-4,7,10H2,1H3/t11-/m1/s1. The molecule has 1 aliphatic heterocycles. The maximum absolute atomic E-state index is 11.9. The largest absolute Gasteiger partial charge is 0.466 e. The molecule has 0 N–H and O–H groups in total. The number of nitriles is 1. The van der Waals surface area contributed by atoms with E-state index in [0.29, 0.717) is 25.4 Å². The van der Waals surface area contributed by atoms with E-state index in [0.717, 1.165) is 12.8 Å². The number of rotatable bonds is 4. The highest BCUT2D eigenvalue weighted by atomic mass is 16.6. The summed E-state index contributed by atoms with van der Waals surface area (Å²) < 4.78 is 5.05. The summed E-state index contributed by atoms with van der Waals surface area (Å²) in [4.78, 5) is 24.1. The molecule has 0 bridgehead atoms. The summed E-state index contributed by atoms with van der Waals surface area (Å²) in [6.45, 7) is 3.28. The number of nitro benzene ring substituents is 1. The Morgan fingerprint density at radius 2 is 2.36 bits per heavy atom. The van der Waals surface area contributed by atoms with Crippen LogP contribution in [0.3, 0.4) is 0 Å². The molecule has 1 heterocycles. The minimum atomic E-state index is -0.526. The molecule has 0 unspecified atom stereocenters. The van der Waals surface area contributed by atoms with Gasteiger partial charge in [0.15, 0.2) is 0 Å². The van der Waals surface area contributed by atoms with Crippen LogP contribution in [0.15, 0.2) is 18.2 Å². The molecular weight excluding hydrogens is 286 g/mol. The molecule has 0 amide bonds. The van der Waals surface area contributed by atoms with E-state index in [1.54, 1.807) is 13.0 Å². The number of hydrogen-bond donors (Lipinski definition) is 0. The smallest absolute Gasteiger partial charge is 0.310 e. The molecule has 0 aromatic heterocycles. The Kier molecular flexibility index (Phi) is 4.94. The van der Waals surface area contributed by atoms with Crippen LogP contribution in [0, 0.1) is 27.4 Å². The number of carbonyl (C=O) groups is 1. The third kappa shape index (κ3) is 3.34. The number of nitro groups is 1. The van der Waals surface area contributed by atoms with Crippen LogP contribution in [-0.4, -0.2) is 30.6 Å². The third-order valence-corrected chi connectivity index (χ3v) is 3.69. The van der Waals surface area contributed by atoms with Crippen molar-refractivity contribution in [2.45, 2.75) is 19.8 Å². The predicted molar refractivity (Wildman–Crippen MR) is 79.4 cm³/mol. The molecule has 1 fully saturated rings. The lowest BCUT2D eigenvalue weighted by Gasteiger charge is -2.33. The maximum atomic E-state index is 11.9. The van der Waals surface area contributed by atoms with Gasteiger partial charge >= 0.3 is 5.97 Å². The molecular formula is C15H17N3O4. The first-order valence-corrected chi connectivity index (χ1v) is 7.17. The lowest BCUT2D eigenvalue weighted by Crippen LogP contribution is -2.39. The van der Waals surface area contributed by atoms with E-state index in [1.165, 1.54) is 12.1 Å². The molecule has 116 valence electrons. The quantitative estimate of drug-likeness (QED) is 0.481. The first kappa shape index (κ1) is 15.8. The highest BCUT2D eigenvalue weighted by Crippen LogP contribution is 2.29. The highest BCUT2D eigenvalue weighted by Gasteiger charge is 2.28. The third-order valence-electron chi connectivity index (χ3n) is 3.69. The molecule has 1 aliphatic rings. The number of ether oxygens (including phenoxy) is 1. The number of piperidine rings is 1. The Morgan fingerprint density at radius 3 is 3.00 bits per heavy atom. The molecule has 2 rings (SSSR count). The molecule has 0 aliphatic carbocycles. The zero-order chi connectivity index (χ0) is 16.1. The summed E-state index contributed by atoms with van der Waals surface area (Å²) >= 11 is 0. The zero-order valence-electron chi connectivity index (χ0n) is 12.3. The number of non-ortho nitro benzene ring substituents is 1. The van der Waals surface area contributed by atoms with Crippen molar-refractivity contribution in [1.82, 2.24) is 0 Å². The van der Waals surface area contributed by atoms with Gasteiger partial charge in [0.25, 0.3) is 5.69 Å². The number of carbonyl (C=O) groups excluding carboxylic acids is 1. The van der Waals surface area contributed by atoms with Gasteiger partial charge in [0.1, 0.15) is 6.07 Å². The van der Waals surface area contributed by atoms with E-state index in [4.69, 9.17) is 4.74 Å². The number of esters is 1. The summed E-state index contributed by atoms with van der Waals surface area (Å²) in [6.07, 6.45) is 1.57. The van der Waals surface area contributed by atoms with Crippen LogP contribution >= 0.6 is 0 Å². The number of anilines is 1. The first-order valence-electron chi connectivity index (χ1n) is 7.17. The average molecular weight is 303 g/mol. The minimum Gasteiger partial charge on any atom is -0.466 e. The van der Waals surface area contributed by atoms with Gasteiger partial charge in [-0.3, -0.25) is 14.9 Å². The molecule has 1 atom stereocenters. The SMILES string of the molecule is CCOC(=O)[C@@H]1CCCN(c2ccc([N+](=O)[O-])cc2C#N)C1. The van der Waals surface area contributed by atoms with Gasteiger partial charge in [0.05, 0.1) is 28.7 Å². The van der Waals surface area contributed by atoms with Gasteiger partial charge in [-0.15, -0.1) is 0 Å². The lowest BCUT2D eigenvalue weighted by atomic mass is 9.97. The van der Waals surface area contributed by atoms with Crippen LogP contribution < -0.4 is 4.90 Å². The Bertz CT molecular complexity index is 624. The fourth-order valence-corrected chi connectivity index (χ4v) is 2.65.